The molecule has 3 rings (SSSR count). The normalized spacial score (nSPS) is 17.7. The number of ether oxygens (including phenoxy) is 2. The summed E-state index contributed by atoms with van der Waals surface area (Å²) in [5.41, 5.74) is 2.41. The lowest BCUT2D eigenvalue weighted by molar-refractivity contribution is 0.280. The van der Waals surface area contributed by atoms with E-state index in [1.54, 1.807) is 7.11 Å². The summed E-state index contributed by atoms with van der Waals surface area (Å²) in [7, 11) is 1.70. The minimum Gasteiger partial charge on any atom is -0.493 e. The van der Waals surface area contributed by atoms with Gasteiger partial charge in [0.25, 0.3) is 0 Å². The molecule has 2 aromatic rings. The lowest BCUT2D eigenvalue weighted by atomic mass is 9.97. The maximum Gasteiger partial charge on any atom is 0.165 e. The Kier molecular flexibility index (Phi) is 4.41. The Bertz CT molecular complexity index is 577. The Morgan fingerprint density at radius 3 is 2.67 bits per heavy atom. The van der Waals surface area contributed by atoms with Crippen molar-refractivity contribution < 1.29 is 9.47 Å². The van der Waals surface area contributed by atoms with Crippen LogP contribution in [0.5, 0.6) is 11.5 Å². The molecule has 0 amide bonds. The van der Waals surface area contributed by atoms with E-state index in [-0.39, 0.29) is 0 Å². The summed E-state index contributed by atoms with van der Waals surface area (Å²) in [6, 6.07) is 16.4. The van der Waals surface area contributed by atoms with Gasteiger partial charge < -0.3 is 14.8 Å². The van der Waals surface area contributed by atoms with Crippen LogP contribution in [0.2, 0.25) is 0 Å². The lowest BCUT2D eigenvalue weighted by Gasteiger charge is -2.18. The van der Waals surface area contributed by atoms with Crippen molar-refractivity contribution in [2.24, 2.45) is 0 Å². The number of rotatable bonds is 5. The maximum atomic E-state index is 6.10. The van der Waals surface area contributed by atoms with Crippen molar-refractivity contribution in [3.63, 3.8) is 0 Å². The van der Waals surface area contributed by atoms with Gasteiger partial charge in [0, 0.05) is 18.0 Å². The highest BCUT2D eigenvalue weighted by Crippen LogP contribution is 2.38. The molecule has 1 aliphatic rings. The molecule has 0 saturated carbocycles. The first-order valence-corrected chi connectivity index (χ1v) is 7.43. The molecule has 1 N–H and O–H groups in total. The average Bonchev–Trinajstić information content (AvgIpc) is 3.08. The number of methoxy groups -OCH3 is 1. The highest BCUT2D eigenvalue weighted by Gasteiger charge is 2.22. The van der Waals surface area contributed by atoms with Gasteiger partial charge in [0.15, 0.2) is 11.5 Å². The van der Waals surface area contributed by atoms with E-state index in [1.165, 1.54) is 11.1 Å². The van der Waals surface area contributed by atoms with Crippen LogP contribution in [0.4, 0.5) is 0 Å². The van der Waals surface area contributed by atoms with Crippen molar-refractivity contribution in [2.45, 2.75) is 18.9 Å². The third kappa shape index (κ3) is 3.19. The molecule has 0 radical (unpaired) electrons. The van der Waals surface area contributed by atoms with Gasteiger partial charge in [-0.25, -0.2) is 0 Å². The van der Waals surface area contributed by atoms with E-state index in [2.05, 4.69) is 23.5 Å². The van der Waals surface area contributed by atoms with Crippen molar-refractivity contribution in [2.75, 3.05) is 20.2 Å². The molecule has 1 saturated heterocycles. The summed E-state index contributed by atoms with van der Waals surface area (Å²) >= 11 is 0. The SMILES string of the molecule is COc1cccc(C2CCNC2)c1OCc1ccccc1. The zero-order chi connectivity index (χ0) is 14.5. The first kappa shape index (κ1) is 14.0. The Morgan fingerprint density at radius 2 is 1.95 bits per heavy atom. The van der Waals surface area contributed by atoms with Gasteiger partial charge >= 0.3 is 0 Å². The zero-order valence-electron chi connectivity index (χ0n) is 12.3. The van der Waals surface area contributed by atoms with E-state index in [9.17, 15) is 0 Å². The topological polar surface area (TPSA) is 30.5 Å². The third-order valence-electron chi connectivity index (χ3n) is 3.96. The summed E-state index contributed by atoms with van der Waals surface area (Å²) in [5, 5.41) is 3.41. The molecule has 110 valence electrons. The average molecular weight is 283 g/mol. The summed E-state index contributed by atoms with van der Waals surface area (Å²) in [6.45, 7) is 2.64. The van der Waals surface area contributed by atoms with Crippen LogP contribution in [0.15, 0.2) is 48.5 Å². The molecule has 1 aliphatic heterocycles. The number of para-hydroxylation sites is 1. The van der Waals surface area contributed by atoms with Gasteiger partial charge in [-0.1, -0.05) is 42.5 Å². The predicted octanol–water partition coefficient (Wildman–Crippen LogP) is 3.35. The van der Waals surface area contributed by atoms with Crippen molar-refractivity contribution in [1.82, 2.24) is 5.32 Å². The predicted molar refractivity (Wildman–Crippen MR) is 84.0 cm³/mol. The fraction of sp³-hybridized carbons (Fsp3) is 0.333. The first-order valence-electron chi connectivity index (χ1n) is 7.43. The molecule has 2 aromatic carbocycles. The van der Waals surface area contributed by atoms with Gasteiger partial charge in [-0.05, 0) is 24.6 Å². The minimum absolute atomic E-state index is 0.505. The van der Waals surface area contributed by atoms with Gasteiger partial charge in [0.05, 0.1) is 7.11 Å². The van der Waals surface area contributed by atoms with E-state index < -0.39 is 0 Å². The Balaban J connectivity index is 1.84. The van der Waals surface area contributed by atoms with Gasteiger partial charge in [-0.2, -0.15) is 0 Å². The molecule has 0 spiro atoms. The molecule has 0 aliphatic carbocycles. The second-order valence-electron chi connectivity index (χ2n) is 5.34. The molecule has 1 unspecified atom stereocenters. The molecule has 0 bridgehead atoms. The largest absolute Gasteiger partial charge is 0.493 e. The van der Waals surface area contributed by atoms with Crippen LogP contribution in [-0.2, 0) is 6.61 Å². The molecule has 0 aromatic heterocycles. The molecular weight excluding hydrogens is 262 g/mol. The second-order valence-corrected chi connectivity index (χ2v) is 5.34. The quantitative estimate of drug-likeness (QED) is 0.913. The molecule has 3 nitrogen and oxygen atoms in total. The monoisotopic (exact) mass is 283 g/mol. The van der Waals surface area contributed by atoms with Crippen LogP contribution in [0.25, 0.3) is 0 Å². The van der Waals surface area contributed by atoms with Gasteiger partial charge in [-0.15, -0.1) is 0 Å². The van der Waals surface area contributed by atoms with Crippen LogP contribution in [0.1, 0.15) is 23.5 Å². The number of hydrogen-bond acceptors (Lipinski definition) is 3. The lowest BCUT2D eigenvalue weighted by Crippen LogP contribution is -2.09. The van der Waals surface area contributed by atoms with Gasteiger partial charge in [0.2, 0.25) is 0 Å². The van der Waals surface area contributed by atoms with E-state index >= 15 is 0 Å². The van der Waals surface area contributed by atoms with Crippen molar-refractivity contribution in [3.05, 3.63) is 59.7 Å². The Hall–Kier alpha value is -2.00. The van der Waals surface area contributed by atoms with Crippen LogP contribution in [-0.4, -0.2) is 20.2 Å². The van der Waals surface area contributed by atoms with Crippen LogP contribution >= 0.6 is 0 Å². The van der Waals surface area contributed by atoms with Crippen molar-refractivity contribution in [1.29, 1.82) is 0 Å². The number of hydrogen-bond donors (Lipinski definition) is 1. The molecule has 1 atom stereocenters. The fourth-order valence-corrected chi connectivity index (χ4v) is 2.82. The molecular formula is C18H21NO2. The Labute approximate surface area is 125 Å². The van der Waals surface area contributed by atoms with Crippen LogP contribution in [0.3, 0.4) is 0 Å². The second kappa shape index (κ2) is 6.64. The van der Waals surface area contributed by atoms with E-state index in [1.807, 2.05) is 30.3 Å². The summed E-state index contributed by atoms with van der Waals surface area (Å²) < 4.78 is 11.6. The molecule has 1 fully saturated rings. The maximum absolute atomic E-state index is 6.10. The van der Waals surface area contributed by atoms with Gasteiger partial charge in [-0.3, -0.25) is 0 Å². The van der Waals surface area contributed by atoms with Crippen molar-refractivity contribution >= 4 is 0 Å². The van der Waals surface area contributed by atoms with E-state index in [0.717, 1.165) is 31.0 Å². The minimum atomic E-state index is 0.505. The number of nitrogens with one attached hydrogen (secondary N) is 1. The fourth-order valence-electron chi connectivity index (χ4n) is 2.82. The van der Waals surface area contributed by atoms with Crippen LogP contribution < -0.4 is 14.8 Å². The van der Waals surface area contributed by atoms with Gasteiger partial charge in [0.1, 0.15) is 6.61 Å². The molecule has 21 heavy (non-hydrogen) atoms. The highest BCUT2D eigenvalue weighted by molar-refractivity contribution is 5.48. The van der Waals surface area contributed by atoms with E-state index in [0.29, 0.717) is 12.5 Å². The smallest absolute Gasteiger partial charge is 0.165 e. The third-order valence-corrected chi connectivity index (χ3v) is 3.96. The standard InChI is InChI=1S/C18H21NO2/c1-20-17-9-5-8-16(15-10-11-19-12-15)18(17)21-13-14-6-3-2-4-7-14/h2-9,15,19H,10-13H2,1H3. The van der Waals surface area contributed by atoms with Crippen LogP contribution in [0, 0.1) is 0 Å². The number of benzene rings is 2. The first-order chi connectivity index (χ1) is 10.4. The van der Waals surface area contributed by atoms with E-state index in [4.69, 9.17) is 9.47 Å². The highest BCUT2D eigenvalue weighted by atomic mass is 16.5. The Morgan fingerprint density at radius 1 is 1.10 bits per heavy atom. The summed E-state index contributed by atoms with van der Waals surface area (Å²) in [6.07, 6.45) is 1.15. The molecule has 1 heterocycles. The van der Waals surface area contributed by atoms with Crippen molar-refractivity contribution in [3.8, 4) is 11.5 Å². The summed E-state index contributed by atoms with van der Waals surface area (Å²) in [5.74, 6) is 2.21. The summed E-state index contributed by atoms with van der Waals surface area (Å²) in [4.78, 5) is 0. The molecule has 3 heteroatoms. The zero-order valence-corrected chi connectivity index (χ0v) is 12.3.